The monoisotopic (exact) mass is 224 g/mol. The van der Waals surface area contributed by atoms with Crippen molar-refractivity contribution < 1.29 is 9.57 Å². The molecule has 0 atom stereocenters. The highest BCUT2D eigenvalue weighted by atomic mass is 32.1. The van der Waals surface area contributed by atoms with Gasteiger partial charge >= 0.3 is 0 Å². The van der Waals surface area contributed by atoms with Crippen molar-refractivity contribution in [3.05, 3.63) is 41.8 Å². The number of methoxy groups -OCH3 is 1. The van der Waals surface area contributed by atoms with Crippen molar-refractivity contribution in [3.63, 3.8) is 0 Å². The molecule has 0 bridgehead atoms. The lowest BCUT2D eigenvalue weighted by atomic mass is 10.1. The summed E-state index contributed by atoms with van der Waals surface area (Å²) in [6.07, 6.45) is 2.51. The summed E-state index contributed by atoms with van der Waals surface area (Å²) >= 11 is 3.98. The SMILES string of the molecule is COc1ccc(CC2=CNN(S)O2)cc1. The van der Waals surface area contributed by atoms with Gasteiger partial charge in [-0.3, -0.25) is 5.43 Å². The summed E-state index contributed by atoms with van der Waals surface area (Å²) in [5.41, 5.74) is 3.96. The minimum atomic E-state index is 0.730. The normalized spacial score (nSPS) is 15.5. The van der Waals surface area contributed by atoms with Gasteiger partial charge in [-0.05, 0) is 30.5 Å². The number of allylic oxidation sites excluding steroid dienone is 1. The quantitative estimate of drug-likeness (QED) is 0.765. The number of ether oxygens (including phenoxy) is 1. The highest BCUT2D eigenvalue weighted by molar-refractivity contribution is 7.77. The Morgan fingerprint density at radius 1 is 1.40 bits per heavy atom. The summed E-state index contributed by atoms with van der Waals surface area (Å²) in [6, 6.07) is 7.86. The van der Waals surface area contributed by atoms with Gasteiger partial charge in [0.05, 0.1) is 13.3 Å². The molecular formula is C10H12N2O2S. The fourth-order valence-corrected chi connectivity index (χ4v) is 1.48. The van der Waals surface area contributed by atoms with Gasteiger partial charge in [0, 0.05) is 11.0 Å². The van der Waals surface area contributed by atoms with Gasteiger partial charge < -0.3 is 9.57 Å². The van der Waals surface area contributed by atoms with Gasteiger partial charge in [0.15, 0.2) is 0 Å². The third-order valence-electron chi connectivity index (χ3n) is 2.08. The molecule has 1 N–H and O–H groups in total. The largest absolute Gasteiger partial charge is 0.497 e. The van der Waals surface area contributed by atoms with E-state index in [1.807, 2.05) is 24.3 Å². The molecule has 0 amide bonds. The highest BCUT2D eigenvalue weighted by Gasteiger charge is 2.11. The van der Waals surface area contributed by atoms with Crippen molar-refractivity contribution in [2.24, 2.45) is 0 Å². The number of nitrogens with zero attached hydrogens (tertiary/aromatic N) is 1. The molecule has 0 aromatic heterocycles. The zero-order chi connectivity index (χ0) is 10.7. The Kier molecular flexibility index (Phi) is 3.03. The molecule has 0 saturated carbocycles. The number of rotatable bonds is 3. The first-order valence-electron chi connectivity index (χ1n) is 4.53. The van der Waals surface area contributed by atoms with Crippen LogP contribution in [-0.4, -0.2) is 11.7 Å². The highest BCUT2D eigenvalue weighted by Crippen LogP contribution is 2.17. The molecule has 4 nitrogen and oxygen atoms in total. The molecule has 1 aliphatic heterocycles. The second-order valence-electron chi connectivity index (χ2n) is 3.13. The van der Waals surface area contributed by atoms with Crippen molar-refractivity contribution >= 4 is 12.8 Å². The van der Waals surface area contributed by atoms with Crippen LogP contribution >= 0.6 is 12.8 Å². The van der Waals surface area contributed by atoms with Gasteiger partial charge in [0.1, 0.15) is 11.5 Å². The minimum absolute atomic E-state index is 0.730. The molecule has 0 aliphatic carbocycles. The smallest absolute Gasteiger partial charge is 0.149 e. The van der Waals surface area contributed by atoms with Crippen LogP contribution in [0, 0.1) is 0 Å². The van der Waals surface area contributed by atoms with Gasteiger partial charge in [-0.1, -0.05) is 12.1 Å². The molecule has 0 spiro atoms. The fraction of sp³-hybridized carbons (Fsp3) is 0.200. The van der Waals surface area contributed by atoms with E-state index in [0.717, 1.165) is 23.5 Å². The second-order valence-corrected chi connectivity index (χ2v) is 3.49. The van der Waals surface area contributed by atoms with Crippen molar-refractivity contribution in [1.82, 2.24) is 10.0 Å². The summed E-state index contributed by atoms with van der Waals surface area (Å²) in [5, 5.41) is 0. The third kappa shape index (κ3) is 2.57. The maximum Gasteiger partial charge on any atom is 0.149 e. The third-order valence-corrected chi connectivity index (χ3v) is 2.27. The van der Waals surface area contributed by atoms with Gasteiger partial charge in [-0.15, -0.1) is 0 Å². The summed E-state index contributed by atoms with van der Waals surface area (Å²) < 4.78 is 6.34. The summed E-state index contributed by atoms with van der Waals surface area (Å²) in [7, 11) is 1.65. The Labute approximate surface area is 93.9 Å². The van der Waals surface area contributed by atoms with E-state index in [4.69, 9.17) is 9.57 Å². The van der Waals surface area contributed by atoms with Crippen LogP contribution in [0.25, 0.3) is 0 Å². The second kappa shape index (κ2) is 4.46. The zero-order valence-corrected chi connectivity index (χ0v) is 9.20. The maximum atomic E-state index is 5.24. The summed E-state index contributed by atoms with van der Waals surface area (Å²) in [4.78, 5) is 5.24. The number of hydrogen-bond donors (Lipinski definition) is 2. The van der Waals surface area contributed by atoms with Gasteiger partial charge in [0.25, 0.3) is 0 Å². The predicted octanol–water partition coefficient (Wildman–Crippen LogP) is 1.68. The molecule has 2 rings (SSSR count). The topological polar surface area (TPSA) is 33.7 Å². The van der Waals surface area contributed by atoms with E-state index in [1.165, 1.54) is 4.58 Å². The molecule has 80 valence electrons. The molecule has 15 heavy (non-hydrogen) atoms. The number of hydrazine groups is 1. The molecule has 0 fully saturated rings. The lowest BCUT2D eigenvalue weighted by molar-refractivity contribution is -0.0258. The predicted molar refractivity (Wildman–Crippen MR) is 59.8 cm³/mol. The van der Waals surface area contributed by atoms with E-state index in [0.29, 0.717) is 0 Å². The number of hydrogen-bond acceptors (Lipinski definition) is 5. The number of benzene rings is 1. The van der Waals surface area contributed by atoms with Crippen LogP contribution in [0.1, 0.15) is 5.56 Å². The van der Waals surface area contributed by atoms with E-state index in [1.54, 1.807) is 13.3 Å². The van der Waals surface area contributed by atoms with E-state index in [-0.39, 0.29) is 0 Å². The molecule has 1 aromatic rings. The van der Waals surface area contributed by atoms with Gasteiger partial charge in [-0.2, -0.15) is 0 Å². The van der Waals surface area contributed by atoms with Crippen LogP contribution in [0.5, 0.6) is 5.75 Å². The van der Waals surface area contributed by atoms with Crippen molar-refractivity contribution in [2.45, 2.75) is 6.42 Å². The molecule has 0 radical (unpaired) electrons. The summed E-state index contributed by atoms with van der Waals surface area (Å²) in [6.45, 7) is 0. The lowest BCUT2D eigenvalue weighted by Gasteiger charge is -2.07. The first-order valence-corrected chi connectivity index (χ1v) is 4.93. The molecule has 0 unspecified atom stereocenters. The fourth-order valence-electron chi connectivity index (χ4n) is 1.32. The standard InChI is InChI=1S/C10H12N2O2S/c1-13-9-4-2-8(3-5-9)6-10-7-11-12(15)14-10/h2-5,7,11,15H,6H2,1H3. The Hall–Kier alpha value is -1.33. The maximum absolute atomic E-state index is 5.24. The molecule has 1 aliphatic rings. The van der Waals surface area contributed by atoms with Gasteiger partial charge in [-0.25, -0.2) is 0 Å². The van der Waals surface area contributed by atoms with Crippen molar-refractivity contribution in [3.8, 4) is 5.75 Å². The van der Waals surface area contributed by atoms with Crippen LogP contribution in [0.15, 0.2) is 36.2 Å². The Bertz CT molecular complexity index is 364. The average molecular weight is 224 g/mol. The average Bonchev–Trinajstić information content (AvgIpc) is 2.65. The molecular weight excluding hydrogens is 212 g/mol. The molecule has 1 aromatic carbocycles. The number of nitrogens with one attached hydrogen (secondary N) is 1. The first-order chi connectivity index (χ1) is 7.28. The minimum Gasteiger partial charge on any atom is -0.497 e. The molecule has 1 heterocycles. The van der Waals surface area contributed by atoms with E-state index in [2.05, 4.69) is 18.2 Å². The van der Waals surface area contributed by atoms with Crippen LogP contribution in [-0.2, 0) is 11.3 Å². The Morgan fingerprint density at radius 2 is 2.13 bits per heavy atom. The van der Waals surface area contributed by atoms with Crippen molar-refractivity contribution in [2.75, 3.05) is 7.11 Å². The molecule has 0 saturated heterocycles. The molecule has 5 heteroatoms. The van der Waals surface area contributed by atoms with E-state index < -0.39 is 0 Å². The number of thiol groups is 1. The Balaban J connectivity index is 1.99. The summed E-state index contributed by atoms with van der Waals surface area (Å²) in [5.74, 6) is 1.68. The Morgan fingerprint density at radius 3 is 2.67 bits per heavy atom. The van der Waals surface area contributed by atoms with E-state index >= 15 is 0 Å². The van der Waals surface area contributed by atoms with Crippen LogP contribution < -0.4 is 10.2 Å². The van der Waals surface area contributed by atoms with Crippen LogP contribution in [0.3, 0.4) is 0 Å². The van der Waals surface area contributed by atoms with E-state index in [9.17, 15) is 0 Å². The van der Waals surface area contributed by atoms with Crippen LogP contribution in [0.2, 0.25) is 0 Å². The van der Waals surface area contributed by atoms with Crippen molar-refractivity contribution in [1.29, 1.82) is 0 Å². The van der Waals surface area contributed by atoms with Gasteiger partial charge in [0.2, 0.25) is 0 Å². The first kappa shape index (κ1) is 10.2. The lowest BCUT2D eigenvalue weighted by Crippen LogP contribution is -2.16. The van der Waals surface area contributed by atoms with Crippen LogP contribution in [0.4, 0.5) is 0 Å². The zero-order valence-electron chi connectivity index (χ0n) is 8.30.